The third-order valence-electron chi connectivity index (χ3n) is 5.55. The Morgan fingerprint density at radius 3 is 2.63 bits per heavy atom. The number of likely N-dealkylation sites (tertiary alicyclic amines) is 1. The molecule has 1 aliphatic rings. The van der Waals surface area contributed by atoms with Gasteiger partial charge in [-0.2, -0.15) is 0 Å². The molecule has 1 aromatic heterocycles. The minimum Gasteiger partial charge on any atom is -0.448 e. The van der Waals surface area contributed by atoms with Crippen molar-refractivity contribution in [2.24, 2.45) is 5.92 Å². The molecule has 1 saturated heterocycles. The van der Waals surface area contributed by atoms with Gasteiger partial charge in [0.25, 0.3) is 0 Å². The van der Waals surface area contributed by atoms with E-state index in [2.05, 4.69) is 37.8 Å². The number of carbonyl (C=O) groups excluding carboxylic acids is 2. The Balaban J connectivity index is 1.19. The number of para-hydroxylation sites is 1. The van der Waals surface area contributed by atoms with E-state index in [0.717, 1.165) is 46.0 Å². The number of aromatic nitrogens is 1. The van der Waals surface area contributed by atoms with Crippen molar-refractivity contribution in [3.8, 4) is 0 Å². The topological polar surface area (TPSA) is 74.4 Å². The summed E-state index contributed by atoms with van der Waals surface area (Å²) in [6.45, 7) is 2.67. The molecule has 0 unspecified atom stereocenters. The van der Waals surface area contributed by atoms with Gasteiger partial charge in [0.05, 0.1) is 11.2 Å². The molecule has 2 N–H and O–H groups in total. The van der Waals surface area contributed by atoms with Crippen molar-refractivity contribution in [2.75, 3.05) is 31.6 Å². The first-order valence-electron chi connectivity index (χ1n) is 10.1. The van der Waals surface area contributed by atoms with Crippen LogP contribution >= 0.6 is 22.6 Å². The molecule has 2 aromatic carbocycles. The van der Waals surface area contributed by atoms with Crippen LogP contribution in [0.3, 0.4) is 0 Å². The summed E-state index contributed by atoms with van der Waals surface area (Å²) in [5.41, 5.74) is 2.39. The van der Waals surface area contributed by atoms with Gasteiger partial charge in [-0.05, 0) is 72.8 Å². The van der Waals surface area contributed by atoms with E-state index >= 15 is 0 Å². The summed E-state index contributed by atoms with van der Waals surface area (Å²) in [6.07, 6.45) is 3.06. The average molecular weight is 517 g/mol. The second-order valence-corrected chi connectivity index (χ2v) is 8.74. The Kier molecular flexibility index (Phi) is 6.69. The number of amides is 1. The number of rotatable bonds is 6. The van der Waals surface area contributed by atoms with E-state index in [4.69, 9.17) is 4.74 Å². The molecule has 6 nitrogen and oxygen atoms in total. The Bertz CT molecular complexity index is 1020. The average Bonchev–Trinajstić information content (AvgIpc) is 3.24. The molecule has 0 saturated carbocycles. The lowest BCUT2D eigenvalue weighted by atomic mass is 9.89. The second kappa shape index (κ2) is 9.61. The number of ketones is 1. The summed E-state index contributed by atoms with van der Waals surface area (Å²) in [4.78, 5) is 30.2. The molecule has 0 atom stereocenters. The maximum Gasteiger partial charge on any atom is 0.411 e. The lowest BCUT2D eigenvalue weighted by molar-refractivity contribution is 0.0813. The lowest BCUT2D eigenvalue weighted by Crippen LogP contribution is -2.38. The van der Waals surface area contributed by atoms with E-state index < -0.39 is 6.09 Å². The van der Waals surface area contributed by atoms with Crippen LogP contribution in [0.4, 0.5) is 10.5 Å². The van der Waals surface area contributed by atoms with Crippen molar-refractivity contribution in [1.82, 2.24) is 9.88 Å². The van der Waals surface area contributed by atoms with E-state index in [9.17, 15) is 9.59 Å². The molecule has 1 aliphatic heterocycles. The summed E-state index contributed by atoms with van der Waals surface area (Å²) >= 11 is 2.24. The van der Waals surface area contributed by atoms with E-state index in [1.807, 2.05) is 54.7 Å². The van der Waals surface area contributed by atoms with Gasteiger partial charge in [-0.15, -0.1) is 0 Å². The smallest absolute Gasteiger partial charge is 0.411 e. The number of aromatic amines is 1. The number of ether oxygens (including phenoxy) is 1. The number of benzene rings is 2. The minimum absolute atomic E-state index is 0.0758. The molecule has 7 heteroatoms. The third kappa shape index (κ3) is 5.02. The molecule has 0 aliphatic carbocycles. The van der Waals surface area contributed by atoms with Crippen LogP contribution in [0.5, 0.6) is 0 Å². The van der Waals surface area contributed by atoms with Gasteiger partial charge in [-0.3, -0.25) is 15.0 Å². The number of hydrogen-bond acceptors (Lipinski definition) is 4. The lowest BCUT2D eigenvalue weighted by Gasteiger charge is -2.31. The first-order valence-corrected chi connectivity index (χ1v) is 11.2. The number of halogens is 1. The predicted molar refractivity (Wildman–Crippen MR) is 126 cm³/mol. The highest BCUT2D eigenvalue weighted by Crippen LogP contribution is 2.23. The van der Waals surface area contributed by atoms with Gasteiger partial charge in [0.2, 0.25) is 0 Å². The highest BCUT2D eigenvalue weighted by molar-refractivity contribution is 14.1. The van der Waals surface area contributed by atoms with Gasteiger partial charge in [-0.25, -0.2) is 4.79 Å². The number of anilines is 1. The molecular weight excluding hydrogens is 493 g/mol. The van der Waals surface area contributed by atoms with Gasteiger partial charge < -0.3 is 9.72 Å². The highest BCUT2D eigenvalue weighted by Gasteiger charge is 2.25. The Hall–Kier alpha value is -2.39. The second-order valence-electron chi connectivity index (χ2n) is 7.50. The summed E-state index contributed by atoms with van der Waals surface area (Å²) in [7, 11) is 0. The van der Waals surface area contributed by atoms with Crippen LogP contribution in [0.15, 0.2) is 54.7 Å². The monoisotopic (exact) mass is 517 g/mol. The van der Waals surface area contributed by atoms with Crippen LogP contribution in [0.1, 0.15) is 23.2 Å². The molecule has 0 bridgehead atoms. The molecule has 30 heavy (non-hydrogen) atoms. The van der Waals surface area contributed by atoms with Crippen LogP contribution in [0.2, 0.25) is 0 Å². The zero-order valence-corrected chi connectivity index (χ0v) is 18.7. The molecular formula is C23H24IN3O3. The summed E-state index contributed by atoms with van der Waals surface area (Å²) in [5, 5.41) is 3.83. The SMILES string of the molecule is O=C(Nc1cccc2cc[nH]c12)OCCN1CCC(C(=O)c2ccc(I)cc2)CC1. The molecule has 0 radical (unpaired) electrons. The fraction of sp³-hybridized carbons (Fsp3) is 0.304. The van der Waals surface area contributed by atoms with Crippen molar-refractivity contribution >= 4 is 51.1 Å². The maximum atomic E-state index is 12.7. The maximum absolute atomic E-state index is 12.7. The van der Waals surface area contributed by atoms with E-state index in [1.165, 1.54) is 0 Å². The fourth-order valence-electron chi connectivity index (χ4n) is 3.87. The van der Waals surface area contributed by atoms with Crippen LogP contribution < -0.4 is 5.32 Å². The van der Waals surface area contributed by atoms with E-state index in [-0.39, 0.29) is 11.7 Å². The minimum atomic E-state index is -0.458. The van der Waals surface area contributed by atoms with Gasteiger partial charge >= 0.3 is 6.09 Å². The normalized spacial score (nSPS) is 15.2. The molecule has 2 heterocycles. The third-order valence-corrected chi connectivity index (χ3v) is 6.27. The van der Waals surface area contributed by atoms with Crippen molar-refractivity contribution in [2.45, 2.75) is 12.8 Å². The van der Waals surface area contributed by atoms with Gasteiger partial charge in [0.15, 0.2) is 5.78 Å². The Morgan fingerprint density at radius 2 is 1.87 bits per heavy atom. The largest absolute Gasteiger partial charge is 0.448 e. The summed E-state index contributed by atoms with van der Waals surface area (Å²) in [5.74, 6) is 0.312. The zero-order chi connectivity index (χ0) is 20.9. The van der Waals surface area contributed by atoms with Crippen molar-refractivity contribution in [3.05, 3.63) is 63.9 Å². The van der Waals surface area contributed by atoms with Crippen LogP contribution in [0.25, 0.3) is 10.9 Å². The number of Topliss-reactive ketones (excluding diaryl/α,β-unsaturated/α-hetero) is 1. The molecule has 1 amide bonds. The van der Waals surface area contributed by atoms with Crippen molar-refractivity contribution in [1.29, 1.82) is 0 Å². The molecule has 0 spiro atoms. The number of carbonyl (C=O) groups is 2. The predicted octanol–water partition coefficient (Wildman–Crippen LogP) is 4.92. The standard InChI is InChI=1S/C23H24IN3O3/c24-19-6-4-17(5-7-19)22(28)18-9-12-27(13-10-18)14-15-30-23(29)26-20-3-1-2-16-8-11-25-21(16)20/h1-8,11,18,25H,9-10,12-15H2,(H,26,29). The number of fused-ring (bicyclic) bond motifs is 1. The quantitative estimate of drug-likeness (QED) is 0.360. The van der Waals surface area contributed by atoms with Crippen LogP contribution in [-0.4, -0.2) is 48.0 Å². The van der Waals surface area contributed by atoms with Crippen LogP contribution in [0, 0.1) is 9.49 Å². The number of nitrogens with one attached hydrogen (secondary N) is 2. The van der Waals surface area contributed by atoms with Crippen LogP contribution in [-0.2, 0) is 4.74 Å². The number of H-pyrrole nitrogens is 1. The van der Waals surface area contributed by atoms with Crippen molar-refractivity contribution < 1.29 is 14.3 Å². The van der Waals surface area contributed by atoms with Gasteiger partial charge in [0.1, 0.15) is 6.61 Å². The van der Waals surface area contributed by atoms with E-state index in [1.54, 1.807) is 0 Å². The fourth-order valence-corrected chi connectivity index (χ4v) is 4.23. The molecule has 1 fully saturated rings. The van der Waals surface area contributed by atoms with Crippen molar-refractivity contribution in [3.63, 3.8) is 0 Å². The molecule has 3 aromatic rings. The van der Waals surface area contributed by atoms with Gasteiger partial charge in [-0.1, -0.05) is 24.3 Å². The first kappa shape index (κ1) is 20.9. The molecule has 4 rings (SSSR count). The summed E-state index contributed by atoms with van der Waals surface area (Å²) < 4.78 is 6.49. The zero-order valence-electron chi connectivity index (χ0n) is 16.6. The first-order chi connectivity index (χ1) is 14.6. The van der Waals surface area contributed by atoms with Gasteiger partial charge in [0, 0.05) is 33.2 Å². The number of piperidine rings is 1. The van der Waals surface area contributed by atoms with E-state index in [0.29, 0.717) is 18.8 Å². The highest BCUT2D eigenvalue weighted by atomic mass is 127. The Labute approximate surface area is 189 Å². The molecule has 156 valence electrons. The Morgan fingerprint density at radius 1 is 1.10 bits per heavy atom. The number of hydrogen-bond donors (Lipinski definition) is 2. The number of nitrogens with zero attached hydrogens (tertiary/aromatic N) is 1. The summed E-state index contributed by atoms with van der Waals surface area (Å²) in [6, 6.07) is 15.5.